The Kier molecular flexibility index (Phi) is 6.88. The van der Waals surface area contributed by atoms with Crippen molar-refractivity contribution in [3.63, 3.8) is 0 Å². The molecule has 4 aromatic rings. The first-order valence-electron chi connectivity index (χ1n) is 10.7. The largest absolute Gasteiger partial charge is 0.493 e. The van der Waals surface area contributed by atoms with Crippen LogP contribution in [-0.4, -0.2) is 40.4 Å². The van der Waals surface area contributed by atoms with Crippen LogP contribution >= 0.6 is 0 Å². The first-order chi connectivity index (χ1) is 16.4. The number of nitrogens with one attached hydrogen (secondary N) is 1. The van der Waals surface area contributed by atoms with Crippen molar-refractivity contribution in [2.75, 3.05) is 20.8 Å². The van der Waals surface area contributed by atoms with E-state index in [1.165, 1.54) is 12.1 Å². The van der Waals surface area contributed by atoms with E-state index in [-0.39, 0.29) is 10.6 Å². The Labute approximate surface area is 199 Å². The molecular weight excluding hydrogens is 452 g/mol. The van der Waals surface area contributed by atoms with Gasteiger partial charge in [-0.2, -0.15) is 8.42 Å². The average molecular weight is 479 g/mol. The van der Waals surface area contributed by atoms with Crippen molar-refractivity contribution in [1.29, 1.82) is 0 Å². The average Bonchev–Trinajstić information content (AvgIpc) is 3.18. The molecular formula is C26H26N2O5S. The Bertz CT molecular complexity index is 1420. The fraction of sp³-hybridized carbons (Fsp3) is 0.192. The van der Waals surface area contributed by atoms with Gasteiger partial charge in [-0.05, 0) is 55.3 Å². The molecule has 34 heavy (non-hydrogen) atoms. The van der Waals surface area contributed by atoms with Crippen LogP contribution in [0.15, 0.2) is 76.6 Å². The number of fused-ring (bicyclic) bond motifs is 1. The first kappa shape index (κ1) is 23.4. The highest BCUT2D eigenvalue weighted by atomic mass is 32.2. The molecule has 8 heteroatoms. The number of H-pyrrole nitrogens is 1. The highest BCUT2D eigenvalue weighted by molar-refractivity contribution is 7.87. The summed E-state index contributed by atoms with van der Waals surface area (Å²) >= 11 is 0. The van der Waals surface area contributed by atoms with Crippen LogP contribution in [0.3, 0.4) is 0 Å². The number of hydrogen-bond acceptors (Lipinski definition) is 6. The van der Waals surface area contributed by atoms with Crippen molar-refractivity contribution in [1.82, 2.24) is 4.98 Å². The van der Waals surface area contributed by atoms with Gasteiger partial charge < -0.3 is 18.6 Å². The molecule has 0 saturated heterocycles. The minimum absolute atomic E-state index is 0.0970. The van der Waals surface area contributed by atoms with E-state index >= 15 is 0 Å². The van der Waals surface area contributed by atoms with E-state index in [4.69, 9.17) is 13.7 Å². The zero-order chi connectivity index (χ0) is 24.1. The number of aliphatic imine (C=N–C) groups is 1. The van der Waals surface area contributed by atoms with Crippen LogP contribution < -0.4 is 13.7 Å². The Balaban J connectivity index is 1.56. The van der Waals surface area contributed by atoms with Crippen LogP contribution in [0.25, 0.3) is 10.9 Å². The first-order valence-corrected chi connectivity index (χ1v) is 12.1. The molecule has 0 aliphatic heterocycles. The summed E-state index contributed by atoms with van der Waals surface area (Å²) in [5, 5.41) is 0.666. The molecule has 0 bridgehead atoms. The predicted molar refractivity (Wildman–Crippen MR) is 133 cm³/mol. The molecule has 3 aromatic carbocycles. The van der Waals surface area contributed by atoms with Crippen LogP contribution in [0.2, 0.25) is 0 Å². The zero-order valence-electron chi connectivity index (χ0n) is 19.2. The maximum Gasteiger partial charge on any atom is 0.339 e. The summed E-state index contributed by atoms with van der Waals surface area (Å²) in [7, 11) is -0.812. The van der Waals surface area contributed by atoms with Crippen LogP contribution in [0.4, 0.5) is 0 Å². The molecule has 4 rings (SSSR count). The molecule has 0 aliphatic carbocycles. The molecule has 0 spiro atoms. The van der Waals surface area contributed by atoms with Gasteiger partial charge in [0.15, 0.2) is 17.2 Å². The predicted octanol–water partition coefficient (Wildman–Crippen LogP) is 4.92. The van der Waals surface area contributed by atoms with Gasteiger partial charge in [0.1, 0.15) is 10.6 Å². The maximum absolute atomic E-state index is 12.9. The number of rotatable bonds is 9. The van der Waals surface area contributed by atoms with Crippen LogP contribution in [0, 0.1) is 6.92 Å². The van der Waals surface area contributed by atoms with E-state index in [1.54, 1.807) is 32.6 Å². The van der Waals surface area contributed by atoms with E-state index < -0.39 is 10.1 Å². The van der Waals surface area contributed by atoms with Gasteiger partial charge in [-0.3, -0.25) is 4.99 Å². The van der Waals surface area contributed by atoms with Gasteiger partial charge in [0, 0.05) is 23.7 Å². The van der Waals surface area contributed by atoms with E-state index in [2.05, 4.69) is 9.98 Å². The summed E-state index contributed by atoms with van der Waals surface area (Å²) in [6, 6.07) is 19.7. The van der Waals surface area contributed by atoms with Crippen molar-refractivity contribution < 1.29 is 22.1 Å². The van der Waals surface area contributed by atoms with Crippen molar-refractivity contribution in [3.8, 4) is 17.2 Å². The topological polar surface area (TPSA) is 90.0 Å². The van der Waals surface area contributed by atoms with Gasteiger partial charge >= 0.3 is 10.1 Å². The second kappa shape index (κ2) is 10.0. The van der Waals surface area contributed by atoms with Gasteiger partial charge in [0.2, 0.25) is 0 Å². The number of nitrogens with zero attached hydrogens (tertiary/aromatic N) is 1. The lowest BCUT2D eigenvalue weighted by Crippen LogP contribution is -2.10. The third-order valence-corrected chi connectivity index (χ3v) is 6.62. The maximum atomic E-state index is 12.9. The van der Waals surface area contributed by atoms with E-state index in [0.29, 0.717) is 35.5 Å². The summed E-state index contributed by atoms with van der Waals surface area (Å²) in [6.07, 6.45) is 2.29. The van der Waals surface area contributed by atoms with Gasteiger partial charge in [0.25, 0.3) is 0 Å². The number of para-hydroxylation sites is 1. The number of aromatic amines is 1. The van der Waals surface area contributed by atoms with Crippen LogP contribution in [0.1, 0.15) is 16.8 Å². The number of aromatic nitrogens is 1. The Morgan fingerprint density at radius 3 is 2.41 bits per heavy atom. The smallest absolute Gasteiger partial charge is 0.339 e. The molecule has 7 nitrogen and oxygen atoms in total. The summed E-state index contributed by atoms with van der Waals surface area (Å²) in [5.41, 5.74) is 3.26. The minimum atomic E-state index is -4.01. The van der Waals surface area contributed by atoms with Crippen LogP contribution in [-0.2, 0) is 16.5 Å². The second-order valence-corrected chi connectivity index (χ2v) is 9.28. The molecule has 1 aromatic heterocycles. The highest BCUT2D eigenvalue weighted by Crippen LogP contribution is 2.32. The number of benzene rings is 3. The summed E-state index contributed by atoms with van der Waals surface area (Å²) in [6.45, 7) is 2.39. The van der Waals surface area contributed by atoms with Crippen molar-refractivity contribution in [2.45, 2.75) is 18.2 Å². The fourth-order valence-electron chi connectivity index (χ4n) is 3.57. The molecule has 0 radical (unpaired) electrons. The minimum Gasteiger partial charge on any atom is -0.493 e. The Morgan fingerprint density at radius 1 is 0.941 bits per heavy atom. The standard InChI is InChI=1S/C26H26N2O5S/c1-18-8-11-20(12-9-18)34(29,30)33-26-21-6-4-5-7-22(21)28-23(26)17-27-15-14-19-10-13-24(31-2)25(16-19)32-3/h4-13,16-17,28H,14-15H2,1-3H3. The molecule has 1 N–H and O–H groups in total. The van der Waals surface area contributed by atoms with Crippen LogP contribution in [0.5, 0.6) is 17.2 Å². The Hall–Kier alpha value is -3.78. The lowest BCUT2D eigenvalue weighted by atomic mass is 10.1. The lowest BCUT2D eigenvalue weighted by molar-refractivity contribution is 0.354. The number of methoxy groups -OCH3 is 2. The van der Waals surface area contributed by atoms with E-state index in [0.717, 1.165) is 16.6 Å². The molecule has 0 atom stereocenters. The summed E-state index contributed by atoms with van der Waals surface area (Å²) in [4.78, 5) is 7.80. The summed E-state index contributed by atoms with van der Waals surface area (Å²) in [5.74, 6) is 1.56. The zero-order valence-corrected chi connectivity index (χ0v) is 20.1. The third kappa shape index (κ3) is 5.07. The van der Waals surface area contributed by atoms with E-state index in [1.807, 2.05) is 49.4 Å². The SMILES string of the molecule is COc1ccc(CCN=Cc2[nH]c3ccccc3c2OS(=O)(=O)c2ccc(C)cc2)cc1OC. The molecule has 0 fully saturated rings. The molecule has 0 saturated carbocycles. The Morgan fingerprint density at radius 2 is 1.68 bits per heavy atom. The quantitative estimate of drug-likeness (QED) is 0.272. The monoisotopic (exact) mass is 478 g/mol. The fourth-order valence-corrected chi connectivity index (χ4v) is 4.53. The lowest BCUT2D eigenvalue weighted by Gasteiger charge is -2.09. The second-order valence-electron chi connectivity index (χ2n) is 7.74. The van der Waals surface area contributed by atoms with Gasteiger partial charge in [0.05, 0.1) is 14.2 Å². The van der Waals surface area contributed by atoms with Gasteiger partial charge in [-0.25, -0.2) is 0 Å². The highest BCUT2D eigenvalue weighted by Gasteiger charge is 2.21. The van der Waals surface area contributed by atoms with Crippen molar-refractivity contribution in [3.05, 3.63) is 83.6 Å². The van der Waals surface area contributed by atoms with Crippen molar-refractivity contribution in [2.24, 2.45) is 4.99 Å². The van der Waals surface area contributed by atoms with Crippen molar-refractivity contribution >= 4 is 27.2 Å². The molecule has 0 aliphatic rings. The number of hydrogen-bond donors (Lipinski definition) is 1. The molecule has 0 unspecified atom stereocenters. The number of ether oxygens (including phenoxy) is 2. The normalized spacial score (nSPS) is 11.7. The molecule has 1 heterocycles. The molecule has 0 amide bonds. The molecule has 176 valence electrons. The van der Waals surface area contributed by atoms with E-state index in [9.17, 15) is 8.42 Å². The van der Waals surface area contributed by atoms with Gasteiger partial charge in [-0.1, -0.05) is 35.9 Å². The third-order valence-electron chi connectivity index (χ3n) is 5.39. The van der Waals surface area contributed by atoms with Gasteiger partial charge in [-0.15, -0.1) is 0 Å². The summed E-state index contributed by atoms with van der Waals surface area (Å²) < 4.78 is 42.1. The number of aryl methyl sites for hydroxylation is 1.